The quantitative estimate of drug-likeness (QED) is 0.642. The van der Waals surface area contributed by atoms with Gasteiger partial charge in [-0.25, -0.2) is 0 Å². The first-order valence-electron chi connectivity index (χ1n) is 7.27. The molecule has 1 saturated carbocycles. The van der Waals surface area contributed by atoms with Crippen molar-refractivity contribution in [3.63, 3.8) is 0 Å². The van der Waals surface area contributed by atoms with E-state index >= 15 is 0 Å². The molecule has 0 aliphatic heterocycles. The number of nitrogens with zero attached hydrogens (tertiary/aromatic N) is 1. The molecule has 0 radical (unpaired) electrons. The summed E-state index contributed by atoms with van der Waals surface area (Å²) < 4.78 is 0. The standard InChI is InChI=1S/C15H21N3O3/c1-10(13-4-2-3-5-14(13)18(20)21)17-12-8-6-11(7-9-12)15(16)19/h2-5,10-12,17H,6-9H2,1H3,(H2,16,19). The molecule has 3 N–H and O–H groups in total. The lowest BCUT2D eigenvalue weighted by atomic mass is 9.85. The van der Waals surface area contributed by atoms with E-state index in [0.29, 0.717) is 5.56 Å². The fourth-order valence-corrected chi connectivity index (χ4v) is 3.01. The molecule has 1 aromatic rings. The van der Waals surface area contributed by atoms with Gasteiger partial charge in [-0.05, 0) is 32.6 Å². The van der Waals surface area contributed by atoms with Gasteiger partial charge >= 0.3 is 0 Å². The van der Waals surface area contributed by atoms with E-state index in [2.05, 4.69) is 5.32 Å². The van der Waals surface area contributed by atoms with Gasteiger partial charge in [-0.2, -0.15) is 0 Å². The zero-order chi connectivity index (χ0) is 15.4. The van der Waals surface area contributed by atoms with Gasteiger partial charge in [0.1, 0.15) is 0 Å². The number of carbonyl (C=O) groups is 1. The Morgan fingerprint density at radius 2 is 1.95 bits per heavy atom. The molecule has 1 aliphatic carbocycles. The van der Waals surface area contributed by atoms with Crippen LogP contribution in [0.5, 0.6) is 0 Å². The summed E-state index contributed by atoms with van der Waals surface area (Å²) in [7, 11) is 0. The van der Waals surface area contributed by atoms with Gasteiger partial charge in [0.2, 0.25) is 5.91 Å². The third-order valence-corrected chi connectivity index (χ3v) is 4.22. The highest BCUT2D eigenvalue weighted by atomic mass is 16.6. The van der Waals surface area contributed by atoms with Crippen molar-refractivity contribution in [2.24, 2.45) is 11.7 Å². The Morgan fingerprint density at radius 1 is 1.33 bits per heavy atom. The van der Waals surface area contributed by atoms with E-state index in [9.17, 15) is 14.9 Å². The Hall–Kier alpha value is -1.95. The summed E-state index contributed by atoms with van der Waals surface area (Å²) in [6.45, 7) is 1.93. The van der Waals surface area contributed by atoms with E-state index in [1.165, 1.54) is 6.07 Å². The van der Waals surface area contributed by atoms with Gasteiger partial charge in [0, 0.05) is 29.6 Å². The van der Waals surface area contributed by atoms with Gasteiger partial charge in [0.05, 0.1) is 4.92 Å². The number of carbonyl (C=O) groups excluding carboxylic acids is 1. The molecule has 0 aromatic heterocycles. The fourth-order valence-electron chi connectivity index (χ4n) is 3.01. The first-order chi connectivity index (χ1) is 9.99. The van der Waals surface area contributed by atoms with Crippen LogP contribution in [0.15, 0.2) is 24.3 Å². The number of rotatable bonds is 5. The fraction of sp³-hybridized carbons (Fsp3) is 0.533. The van der Waals surface area contributed by atoms with Gasteiger partial charge in [-0.1, -0.05) is 18.2 Å². The minimum absolute atomic E-state index is 0.0237. The van der Waals surface area contributed by atoms with Gasteiger partial charge in [0.15, 0.2) is 0 Å². The molecule has 0 spiro atoms. The summed E-state index contributed by atoms with van der Waals surface area (Å²) >= 11 is 0. The van der Waals surface area contributed by atoms with Gasteiger partial charge < -0.3 is 11.1 Å². The first kappa shape index (κ1) is 15.4. The van der Waals surface area contributed by atoms with Crippen LogP contribution >= 0.6 is 0 Å². The minimum atomic E-state index is -0.350. The lowest BCUT2D eigenvalue weighted by Crippen LogP contribution is -2.37. The molecule has 1 aliphatic rings. The van der Waals surface area contributed by atoms with Crippen molar-refractivity contribution in [1.82, 2.24) is 5.32 Å². The number of amides is 1. The molecular formula is C15H21N3O3. The molecule has 1 amide bonds. The Labute approximate surface area is 123 Å². The molecule has 0 heterocycles. The van der Waals surface area contributed by atoms with Crippen LogP contribution in [0.4, 0.5) is 5.69 Å². The maximum Gasteiger partial charge on any atom is 0.274 e. The number of nitro benzene ring substituents is 1. The lowest BCUT2D eigenvalue weighted by Gasteiger charge is -2.30. The Morgan fingerprint density at radius 3 is 2.52 bits per heavy atom. The predicted molar refractivity (Wildman–Crippen MR) is 79.6 cm³/mol. The number of benzene rings is 1. The van der Waals surface area contributed by atoms with Crippen LogP contribution in [0.25, 0.3) is 0 Å². The Balaban J connectivity index is 1.98. The van der Waals surface area contributed by atoms with Crippen molar-refractivity contribution in [2.45, 2.75) is 44.7 Å². The SMILES string of the molecule is CC(NC1CCC(C(N)=O)CC1)c1ccccc1[N+](=O)[O-]. The summed E-state index contributed by atoms with van der Waals surface area (Å²) in [5, 5.41) is 14.5. The maximum absolute atomic E-state index is 11.2. The van der Waals surface area contributed by atoms with Gasteiger partial charge in [-0.15, -0.1) is 0 Å². The number of hydrogen-bond donors (Lipinski definition) is 2. The van der Waals surface area contributed by atoms with Crippen LogP contribution in [0, 0.1) is 16.0 Å². The van der Waals surface area contributed by atoms with E-state index in [4.69, 9.17) is 5.73 Å². The van der Waals surface area contributed by atoms with Crippen LogP contribution in [-0.4, -0.2) is 16.9 Å². The zero-order valence-corrected chi connectivity index (χ0v) is 12.1. The monoisotopic (exact) mass is 291 g/mol. The number of para-hydroxylation sites is 1. The van der Waals surface area contributed by atoms with Crippen molar-refractivity contribution in [2.75, 3.05) is 0 Å². The zero-order valence-electron chi connectivity index (χ0n) is 12.1. The third-order valence-electron chi connectivity index (χ3n) is 4.22. The van der Waals surface area contributed by atoms with E-state index in [-0.39, 0.29) is 34.5 Å². The van der Waals surface area contributed by atoms with Crippen LogP contribution in [-0.2, 0) is 4.79 Å². The molecule has 21 heavy (non-hydrogen) atoms. The molecule has 1 unspecified atom stereocenters. The van der Waals surface area contributed by atoms with E-state index < -0.39 is 0 Å². The highest BCUT2D eigenvalue weighted by molar-refractivity contribution is 5.76. The molecular weight excluding hydrogens is 270 g/mol. The minimum Gasteiger partial charge on any atom is -0.369 e. The summed E-state index contributed by atoms with van der Waals surface area (Å²) in [6, 6.07) is 6.97. The van der Waals surface area contributed by atoms with Crippen molar-refractivity contribution in [3.8, 4) is 0 Å². The second-order valence-electron chi connectivity index (χ2n) is 5.66. The smallest absolute Gasteiger partial charge is 0.274 e. The van der Waals surface area contributed by atoms with Crippen molar-refractivity contribution in [3.05, 3.63) is 39.9 Å². The Bertz CT molecular complexity index is 525. The first-order valence-corrected chi connectivity index (χ1v) is 7.27. The van der Waals surface area contributed by atoms with Crippen LogP contribution in [0.1, 0.15) is 44.2 Å². The summed E-state index contributed by atoms with van der Waals surface area (Å²) in [6.07, 6.45) is 3.32. The van der Waals surface area contributed by atoms with Crippen LogP contribution in [0.2, 0.25) is 0 Å². The predicted octanol–water partition coefficient (Wildman–Crippen LogP) is 2.29. The van der Waals surface area contributed by atoms with Crippen molar-refractivity contribution >= 4 is 11.6 Å². The van der Waals surface area contributed by atoms with Crippen molar-refractivity contribution < 1.29 is 9.72 Å². The van der Waals surface area contributed by atoms with E-state index in [0.717, 1.165) is 25.7 Å². The molecule has 0 bridgehead atoms. The highest BCUT2D eigenvalue weighted by Gasteiger charge is 2.27. The topological polar surface area (TPSA) is 98.3 Å². The molecule has 6 nitrogen and oxygen atoms in total. The van der Waals surface area contributed by atoms with Gasteiger partial charge in [0.25, 0.3) is 5.69 Å². The largest absolute Gasteiger partial charge is 0.369 e. The summed E-state index contributed by atoms with van der Waals surface area (Å²) in [5.74, 6) is -0.246. The second-order valence-corrected chi connectivity index (χ2v) is 5.66. The summed E-state index contributed by atoms with van der Waals surface area (Å²) in [4.78, 5) is 21.9. The van der Waals surface area contributed by atoms with Crippen LogP contribution in [0.3, 0.4) is 0 Å². The second kappa shape index (κ2) is 6.67. The highest BCUT2D eigenvalue weighted by Crippen LogP contribution is 2.28. The average molecular weight is 291 g/mol. The number of nitro groups is 1. The number of primary amides is 1. The number of hydrogen-bond acceptors (Lipinski definition) is 4. The lowest BCUT2D eigenvalue weighted by molar-refractivity contribution is -0.385. The molecule has 0 saturated heterocycles. The molecule has 1 aromatic carbocycles. The molecule has 114 valence electrons. The molecule has 1 fully saturated rings. The maximum atomic E-state index is 11.2. The molecule has 6 heteroatoms. The van der Waals surface area contributed by atoms with Crippen LogP contribution < -0.4 is 11.1 Å². The molecule has 2 rings (SSSR count). The number of nitrogens with two attached hydrogens (primary N) is 1. The van der Waals surface area contributed by atoms with E-state index in [1.807, 2.05) is 13.0 Å². The van der Waals surface area contributed by atoms with Gasteiger partial charge in [-0.3, -0.25) is 14.9 Å². The molecule has 1 atom stereocenters. The van der Waals surface area contributed by atoms with E-state index in [1.54, 1.807) is 12.1 Å². The third kappa shape index (κ3) is 3.78. The Kier molecular flexibility index (Phi) is 4.90. The summed E-state index contributed by atoms with van der Waals surface area (Å²) in [5.41, 5.74) is 6.16. The van der Waals surface area contributed by atoms with Crippen molar-refractivity contribution in [1.29, 1.82) is 0 Å². The number of nitrogens with one attached hydrogen (secondary N) is 1. The normalized spacial score (nSPS) is 23.5. The average Bonchev–Trinajstić information content (AvgIpc) is 2.47.